The number of rotatable bonds is 5. The Hall–Kier alpha value is -2.86. The average molecular weight is 590 g/mol. The zero-order valence-electron chi connectivity index (χ0n) is 23.3. The Morgan fingerprint density at radius 3 is 2.29 bits per heavy atom. The number of alkyl halides is 6. The van der Waals surface area contributed by atoms with Gasteiger partial charge >= 0.3 is 18.4 Å². The van der Waals surface area contributed by atoms with Crippen molar-refractivity contribution >= 4 is 6.03 Å². The standard InChI is InChI=1S/C29H34F7N3O2/c1-17-11-22(30)5-6-24(17)25-15-27(8-7-23(37-27)16-41-4)9-10-39(25)26(40)38(3)18(2)19-12-20(28(31,32)33)14-21(13-19)29(34,35)36/h5-6,11-14,18,23,25,37H,7-10,15-16H2,1-4H3/t18?,23-,25+,27-/m0/s1. The van der Waals surface area contributed by atoms with Crippen molar-refractivity contribution in [3.8, 4) is 0 Å². The first-order chi connectivity index (χ1) is 19.0. The molecule has 2 aromatic rings. The Kier molecular flexibility index (Phi) is 8.67. The van der Waals surface area contributed by atoms with E-state index in [-0.39, 0.29) is 23.2 Å². The number of benzene rings is 2. The van der Waals surface area contributed by atoms with Crippen molar-refractivity contribution in [2.75, 3.05) is 27.3 Å². The summed E-state index contributed by atoms with van der Waals surface area (Å²) in [6.07, 6.45) is -7.17. The van der Waals surface area contributed by atoms with Crippen LogP contribution in [0.3, 0.4) is 0 Å². The van der Waals surface area contributed by atoms with Crippen LogP contribution >= 0.6 is 0 Å². The smallest absolute Gasteiger partial charge is 0.383 e. The van der Waals surface area contributed by atoms with Crippen LogP contribution in [0.4, 0.5) is 35.5 Å². The number of urea groups is 1. The third kappa shape index (κ3) is 6.63. The highest BCUT2D eigenvalue weighted by Crippen LogP contribution is 2.44. The Morgan fingerprint density at radius 1 is 1.10 bits per heavy atom. The molecule has 2 aromatic carbocycles. The van der Waals surface area contributed by atoms with E-state index in [0.29, 0.717) is 43.7 Å². The molecule has 4 atom stereocenters. The largest absolute Gasteiger partial charge is 0.416 e. The van der Waals surface area contributed by atoms with Gasteiger partial charge in [-0.1, -0.05) is 6.07 Å². The van der Waals surface area contributed by atoms with E-state index < -0.39 is 47.4 Å². The van der Waals surface area contributed by atoms with Gasteiger partial charge in [0.15, 0.2) is 0 Å². The molecular formula is C29H34F7N3O2. The molecule has 2 aliphatic heterocycles. The van der Waals surface area contributed by atoms with E-state index >= 15 is 0 Å². The fourth-order valence-corrected chi connectivity index (χ4v) is 6.12. The summed E-state index contributed by atoms with van der Waals surface area (Å²) in [4.78, 5) is 16.7. The fraction of sp³-hybridized carbons (Fsp3) is 0.552. The number of amides is 2. The van der Waals surface area contributed by atoms with E-state index in [4.69, 9.17) is 4.74 Å². The molecule has 0 saturated carbocycles. The van der Waals surface area contributed by atoms with Gasteiger partial charge in [0.1, 0.15) is 5.82 Å². The van der Waals surface area contributed by atoms with Gasteiger partial charge in [-0.3, -0.25) is 0 Å². The minimum Gasteiger partial charge on any atom is -0.383 e. The average Bonchev–Trinajstić information content (AvgIpc) is 3.28. The second-order valence-electron chi connectivity index (χ2n) is 11.2. The number of aryl methyl sites for hydroxylation is 1. The molecular weight excluding hydrogens is 555 g/mol. The molecule has 2 aliphatic rings. The molecule has 2 fully saturated rings. The molecule has 5 nitrogen and oxygen atoms in total. The van der Waals surface area contributed by atoms with Crippen LogP contribution in [0.1, 0.15) is 72.5 Å². The SMILES string of the molecule is COC[C@@H]1CC[C@@]2(CCN(C(=O)N(C)C(C)c3cc(C(F)(F)F)cc(C(F)(F)F)c3)[C@@H](c3ccc(F)cc3C)C2)N1. The molecule has 226 valence electrons. The number of carbonyl (C=O) groups excluding carboxylic acids is 1. The van der Waals surface area contributed by atoms with Crippen LogP contribution in [0.25, 0.3) is 0 Å². The molecule has 1 N–H and O–H groups in total. The first-order valence-electron chi connectivity index (χ1n) is 13.4. The second kappa shape index (κ2) is 11.4. The van der Waals surface area contributed by atoms with E-state index in [1.807, 2.05) is 0 Å². The highest BCUT2D eigenvalue weighted by atomic mass is 19.4. The van der Waals surface area contributed by atoms with Crippen LogP contribution in [0, 0.1) is 12.7 Å². The lowest BCUT2D eigenvalue weighted by atomic mass is 9.79. The summed E-state index contributed by atoms with van der Waals surface area (Å²) < 4.78 is 100. The number of likely N-dealkylation sites (tertiary alicyclic amines) is 1. The number of carbonyl (C=O) groups is 1. The van der Waals surface area contributed by atoms with Gasteiger partial charge in [-0.25, -0.2) is 9.18 Å². The Bertz CT molecular complexity index is 1230. The molecule has 2 amide bonds. The molecule has 41 heavy (non-hydrogen) atoms. The van der Waals surface area contributed by atoms with E-state index in [9.17, 15) is 35.5 Å². The van der Waals surface area contributed by atoms with Crippen LogP contribution in [0.2, 0.25) is 0 Å². The molecule has 0 aromatic heterocycles. The highest BCUT2D eigenvalue weighted by molar-refractivity contribution is 5.75. The van der Waals surface area contributed by atoms with Crippen LogP contribution in [0.5, 0.6) is 0 Å². The van der Waals surface area contributed by atoms with Gasteiger partial charge in [0.05, 0.1) is 29.8 Å². The third-order valence-electron chi connectivity index (χ3n) is 8.45. The van der Waals surface area contributed by atoms with Gasteiger partial charge in [-0.2, -0.15) is 26.3 Å². The van der Waals surface area contributed by atoms with Crippen molar-refractivity contribution in [3.63, 3.8) is 0 Å². The van der Waals surface area contributed by atoms with Crippen LogP contribution in [-0.4, -0.2) is 54.7 Å². The lowest BCUT2D eigenvalue weighted by molar-refractivity contribution is -0.143. The molecule has 4 rings (SSSR count). The summed E-state index contributed by atoms with van der Waals surface area (Å²) in [6, 6.07) is 3.69. The summed E-state index contributed by atoms with van der Waals surface area (Å²) in [7, 11) is 2.99. The van der Waals surface area contributed by atoms with Crippen molar-refractivity contribution in [1.29, 1.82) is 0 Å². The van der Waals surface area contributed by atoms with Crippen molar-refractivity contribution < 1.29 is 40.3 Å². The molecule has 0 radical (unpaired) electrons. The topological polar surface area (TPSA) is 44.8 Å². The Balaban J connectivity index is 1.66. The maximum Gasteiger partial charge on any atom is 0.416 e. The minimum absolute atomic E-state index is 0.0703. The fourth-order valence-electron chi connectivity index (χ4n) is 6.12. The number of hydrogen-bond acceptors (Lipinski definition) is 3. The molecule has 0 bridgehead atoms. The van der Waals surface area contributed by atoms with Gasteiger partial charge in [-0.05, 0) is 86.6 Å². The number of ether oxygens (including phenoxy) is 1. The van der Waals surface area contributed by atoms with Gasteiger partial charge in [0.2, 0.25) is 0 Å². The number of methoxy groups -OCH3 is 1. The monoisotopic (exact) mass is 589 g/mol. The number of nitrogens with zero attached hydrogens (tertiary/aromatic N) is 2. The van der Waals surface area contributed by atoms with Gasteiger partial charge < -0.3 is 19.9 Å². The first kappa shape index (κ1) is 31.1. The third-order valence-corrected chi connectivity index (χ3v) is 8.45. The maximum absolute atomic E-state index is 14.0. The second-order valence-corrected chi connectivity index (χ2v) is 11.2. The zero-order chi connectivity index (χ0) is 30.3. The van der Waals surface area contributed by atoms with Crippen LogP contribution < -0.4 is 5.32 Å². The first-order valence-corrected chi connectivity index (χ1v) is 13.4. The highest BCUT2D eigenvalue weighted by Gasteiger charge is 2.47. The summed E-state index contributed by atoms with van der Waals surface area (Å²) >= 11 is 0. The van der Waals surface area contributed by atoms with Crippen molar-refractivity contribution in [2.45, 2.75) is 75.5 Å². The molecule has 0 aliphatic carbocycles. The van der Waals surface area contributed by atoms with Crippen LogP contribution in [-0.2, 0) is 17.1 Å². The summed E-state index contributed by atoms with van der Waals surface area (Å²) in [5.74, 6) is -0.426. The van der Waals surface area contributed by atoms with E-state index in [2.05, 4.69) is 5.32 Å². The molecule has 1 unspecified atom stereocenters. The van der Waals surface area contributed by atoms with E-state index in [1.54, 1.807) is 25.0 Å². The summed E-state index contributed by atoms with van der Waals surface area (Å²) in [5, 5.41) is 3.65. The normalized spacial score (nSPS) is 24.1. The van der Waals surface area contributed by atoms with E-state index in [0.717, 1.165) is 23.3 Å². The number of hydrogen-bond donors (Lipinski definition) is 1. The molecule has 12 heteroatoms. The zero-order valence-corrected chi connectivity index (χ0v) is 23.3. The quantitative estimate of drug-likeness (QED) is 0.374. The number of piperidine rings is 1. The lowest BCUT2D eigenvalue weighted by Crippen LogP contribution is -2.56. The molecule has 2 heterocycles. The Labute approximate surface area is 234 Å². The van der Waals surface area contributed by atoms with E-state index in [1.165, 1.54) is 26.1 Å². The molecule has 2 saturated heterocycles. The molecule has 1 spiro atoms. The predicted octanol–water partition coefficient (Wildman–Crippen LogP) is 7.26. The summed E-state index contributed by atoms with van der Waals surface area (Å²) in [5.41, 5.74) is -2.08. The van der Waals surface area contributed by atoms with Crippen molar-refractivity contribution in [2.24, 2.45) is 0 Å². The van der Waals surface area contributed by atoms with Gasteiger partial charge in [0, 0.05) is 32.3 Å². The maximum atomic E-state index is 14.0. The minimum atomic E-state index is -5.00. The van der Waals surface area contributed by atoms with Crippen LogP contribution in [0.15, 0.2) is 36.4 Å². The lowest BCUT2D eigenvalue weighted by Gasteiger charge is -2.47. The number of halogens is 7. The van der Waals surface area contributed by atoms with Gasteiger partial charge in [-0.15, -0.1) is 0 Å². The van der Waals surface area contributed by atoms with Crippen molar-refractivity contribution in [1.82, 2.24) is 15.1 Å². The van der Waals surface area contributed by atoms with Crippen molar-refractivity contribution in [3.05, 3.63) is 70.0 Å². The predicted molar refractivity (Wildman–Crippen MR) is 139 cm³/mol. The van der Waals surface area contributed by atoms with Gasteiger partial charge in [0.25, 0.3) is 0 Å². The summed E-state index contributed by atoms with van der Waals surface area (Å²) in [6.45, 7) is 3.96. The Morgan fingerprint density at radius 2 is 1.73 bits per heavy atom. The number of nitrogens with one attached hydrogen (secondary N) is 1.